The largest absolute Gasteiger partial charge is 0.463 e. The Hall–Kier alpha value is -4.00. The monoisotopic (exact) mass is 547 g/mol. The Labute approximate surface area is 225 Å². The number of nitrogens with one attached hydrogen (secondary N) is 1. The lowest BCUT2D eigenvalue weighted by Crippen LogP contribution is -2.66. The van der Waals surface area contributed by atoms with Gasteiger partial charge in [0.1, 0.15) is 18.8 Å². The highest BCUT2D eigenvalue weighted by Gasteiger charge is 2.52. The fourth-order valence-corrected chi connectivity index (χ4v) is 4.45. The molecule has 1 aromatic carbocycles. The minimum Gasteiger partial charge on any atom is -0.463 e. The minimum atomic E-state index is -1.43. The SMILES string of the molecule is CCCN1C(=O)/C(=N/O[C@H]2O[C@@H](COC(C)=O)[C@@H](OC(C)=O)[C@@H](OC(C)=O)[C@H]2NC(C)=O)c2cc(C)ccc21. The van der Waals surface area contributed by atoms with Crippen LogP contribution in [0.5, 0.6) is 0 Å². The van der Waals surface area contributed by atoms with Crippen molar-refractivity contribution in [3.8, 4) is 0 Å². The van der Waals surface area contributed by atoms with E-state index in [0.29, 0.717) is 24.2 Å². The zero-order valence-corrected chi connectivity index (χ0v) is 22.7. The van der Waals surface area contributed by atoms with Crippen molar-refractivity contribution in [2.24, 2.45) is 5.16 Å². The maximum atomic E-state index is 13.2. The maximum Gasteiger partial charge on any atom is 0.303 e. The predicted octanol–water partition coefficient (Wildman–Crippen LogP) is 1.13. The number of oxime groups is 1. The van der Waals surface area contributed by atoms with Crippen LogP contribution in [0.25, 0.3) is 0 Å². The lowest BCUT2D eigenvalue weighted by atomic mass is 9.96. The van der Waals surface area contributed by atoms with Gasteiger partial charge in [0, 0.05) is 39.8 Å². The first kappa shape index (κ1) is 29.6. The number of esters is 3. The number of amides is 2. The normalized spacial score (nSPS) is 25.1. The van der Waals surface area contributed by atoms with E-state index < -0.39 is 54.5 Å². The van der Waals surface area contributed by atoms with Crippen LogP contribution < -0.4 is 10.2 Å². The van der Waals surface area contributed by atoms with Crippen molar-refractivity contribution in [1.29, 1.82) is 0 Å². The average molecular weight is 548 g/mol. The lowest BCUT2D eigenvalue weighted by Gasteiger charge is -2.43. The third-order valence-electron chi connectivity index (χ3n) is 5.91. The number of carbonyl (C=O) groups excluding carboxylic acids is 5. The molecule has 0 bridgehead atoms. The van der Waals surface area contributed by atoms with E-state index in [1.165, 1.54) is 13.8 Å². The number of hydrogen-bond donors (Lipinski definition) is 1. The quantitative estimate of drug-likeness (QED) is 0.270. The van der Waals surface area contributed by atoms with Gasteiger partial charge >= 0.3 is 17.9 Å². The van der Waals surface area contributed by atoms with E-state index in [1.807, 2.05) is 26.0 Å². The molecule has 39 heavy (non-hydrogen) atoms. The molecule has 5 atom stereocenters. The van der Waals surface area contributed by atoms with Gasteiger partial charge in [-0.25, -0.2) is 0 Å². The number of benzene rings is 1. The van der Waals surface area contributed by atoms with E-state index in [1.54, 1.807) is 11.0 Å². The fourth-order valence-electron chi connectivity index (χ4n) is 4.45. The van der Waals surface area contributed by atoms with E-state index in [0.717, 1.165) is 19.4 Å². The molecule has 212 valence electrons. The second kappa shape index (κ2) is 12.7. The number of fused-ring (bicyclic) bond motifs is 1. The fraction of sp³-hybridized carbons (Fsp3) is 0.538. The van der Waals surface area contributed by atoms with E-state index in [4.69, 9.17) is 23.8 Å². The van der Waals surface area contributed by atoms with Crippen LogP contribution in [0.2, 0.25) is 0 Å². The highest BCUT2D eigenvalue weighted by atomic mass is 16.8. The lowest BCUT2D eigenvalue weighted by molar-refractivity contribution is -0.278. The number of ether oxygens (including phenoxy) is 4. The number of hydrogen-bond acceptors (Lipinski definition) is 11. The van der Waals surface area contributed by atoms with Crippen LogP contribution in [0, 0.1) is 6.92 Å². The Bertz CT molecular complexity index is 1170. The number of anilines is 1. The van der Waals surface area contributed by atoms with Crippen molar-refractivity contribution in [3.63, 3.8) is 0 Å². The summed E-state index contributed by atoms with van der Waals surface area (Å²) < 4.78 is 21.8. The van der Waals surface area contributed by atoms with Gasteiger partial charge in [-0.15, -0.1) is 0 Å². The molecule has 1 saturated heterocycles. The number of nitrogens with zero attached hydrogens (tertiary/aromatic N) is 2. The predicted molar refractivity (Wildman–Crippen MR) is 135 cm³/mol. The van der Waals surface area contributed by atoms with E-state index in [2.05, 4.69) is 10.5 Å². The zero-order chi connectivity index (χ0) is 28.9. The van der Waals surface area contributed by atoms with Gasteiger partial charge in [0.05, 0.1) is 5.69 Å². The summed E-state index contributed by atoms with van der Waals surface area (Å²) in [5, 5.41) is 6.71. The molecule has 0 radical (unpaired) electrons. The molecular weight excluding hydrogens is 514 g/mol. The molecule has 13 nitrogen and oxygen atoms in total. The Morgan fingerprint density at radius 1 is 1.03 bits per heavy atom. The molecule has 3 rings (SSSR count). The van der Waals surface area contributed by atoms with E-state index in [9.17, 15) is 24.0 Å². The molecule has 2 heterocycles. The van der Waals surface area contributed by atoms with Crippen molar-refractivity contribution in [3.05, 3.63) is 29.3 Å². The molecule has 0 saturated carbocycles. The standard InChI is InChI=1S/C26H33N3O10/c1-7-10-29-19-9-8-13(2)11-18(19)21(25(29)34)28-39-26-22(27-14(3)30)24(37-17(6)33)23(36-16(5)32)20(38-26)12-35-15(4)31/h8-9,11,20,22-24,26H,7,10,12H2,1-6H3,(H,27,30)/b28-21+/t20-,22+,23+,24-,26+/m0/s1. The first-order chi connectivity index (χ1) is 18.4. The minimum absolute atomic E-state index is 0.0232. The Kier molecular flexibility index (Phi) is 9.62. The van der Waals surface area contributed by atoms with Crippen molar-refractivity contribution >= 4 is 41.1 Å². The van der Waals surface area contributed by atoms with Crippen LogP contribution in [-0.4, -0.2) is 79.2 Å². The third-order valence-corrected chi connectivity index (χ3v) is 5.91. The summed E-state index contributed by atoms with van der Waals surface area (Å²) >= 11 is 0. The molecule has 0 spiro atoms. The molecule has 2 aliphatic heterocycles. The van der Waals surface area contributed by atoms with Gasteiger partial charge in [-0.1, -0.05) is 23.7 Å². The summed E-state index contributed by atoms with van der Waals surface area (Å²) in [5.41, 5.74) is 2.16. The summed E-state index contributed by atoms with van der Waals surface area (Å²) in [6, 6.07) is 4.30. The van der Waals surface area contributed by atoms with Gasteiger partial charge < -0.3 is 34.0 Å². The van der Waals surface area contributed by atoms with Gasteiger partial charge in [0.25, 0.3) is 12.2 Å². The molecule has 0 aromatic heterocycles. The Morgan fingerprint density at radius 2 is 1.69 bits per heavy atom. The molecule has 0 unspecified atom stereocenters. The highest BCUT2D eigenvalue weighted by Crippen LogP contribution is 2.32. The second-order valence-corrected chi connectivity index (χ2v) is 9.24. The molecule has 1 aromatic rings. The van der Waals surface area contributed by atoms with Crippen molar-refractivity contribution in [2.75, 3.05) is 18.1 Å². The highest BCUT2D eigenvalue weighted by molar-refractivity contribution is 6.54. The molecule has 1 fully saturated rings. The van der Waals surface area contributed by atoms with Crippen LogP contribution in [-0.2, 0) is 47.8 Å². The molecule has 1 N–H and O–H groups in total. The first-order valence-electron chi connectivity index (χ1n) is 12.5. The van der Waals surface area contributed by atoms with Crippen LogP contribution in [0.4, 0.5) is 5.69 Å². The number of rotatable bonds is 9. The third kappa shape index (κ3) is 7.11. The zero-order valence-electron chi connectivity index (χ0n) is 22.7. The Balaban J connectivity index is 2.02. The molecule has 2 aliphatic rings. The van der Waals surface area contributed by atoms with E-state index in [-0.39, 0.29) is 18.2 Å². The average Bonchev–Trinajstić information content (AvgIpc) is 3.09. The molecule has 2 amide bonds. The van der Waals surface area contributed by atoms with Crippen LogP contribution >= 0.6 is 0 Å². The number of aryl methyl sites for hydroxylation is 1. The van der Waals surface area contributed by atoms with Crippen LogP contribution in [0.3, 0.4) is 0 Å². The van der Waals surface area contributed by atoms with Gasteiger partial charge in [-0.05, 0) is 25.5 Å². The number of carbonyl (C=O) groups is 5. The van der Waals surface area contributed by atoms with Crippen LogP contribution in [0.15, 0.2) is 23.4 Å². The van der Waals surface area contributed by atoms with Gasteiger partial charge in [0.15, 0.2) is 17.9 Å². The van der Waals surface area contributed by atoms with Crippen molar-refractivity contribution < 1.29 is 47.8 Å². The second-order valence-electron chi connectivity index (χ2n) is 9.24. The first-order valence-corrected chi connectivity index (χ1v) is 12.5. The van der Waals surface area contributed by atoms with Gasteiger partial charge in [-0.3, -0.25) is 24.0 Å². The van der Waals surface area contributed by atoms with Gasteiger partial charge in [0.2, 0.25) is 5.91 Å². The van der Waals surface area contributed by atoms with Crippen molar-refractivity contribution in [1.82, 2.24) is 5.32 Å². The topological polar surface area (TPSA) is 159 Å². The molecule has 0 aliphatic carbocycles. The van der Waals surface area contributed by atoms with Gasteiger partial charge in [-0.2, -0.15) is 0 Å². The maximum absolute atomic E-state index is 13.2. The van der Waals surface area contributed by atoms with E-state index >= 15 is 0 Å². The van der Waals surface area contributed by atoms with Crippen molar-refractivity contribution in [2.45, 2.75) is 78.6 Å². The summed E-state index contributed by atoms with van der Waals surface area (Å²) in [6.45, 7) is 8.58. The summed E-state index contributed by atoms with van der Waals surface area (Å²) in [6.07, 6.45) is -4.46. The smallest absolute Gasteiger partial charge is 0.303 e. The summed E-state index contributed by atoms with van der Waals surface area (Å²) in [5.74, 6) is -3.01. The van der Waals surface area contributed by atoms with Crippen LogP contribution in [0.1, 0.15) is 52.2 Å². The molecule has 13 heteroatoms. The molecular formula is C26H33N3O10. The summed E-state index contributed by atoms with van der Waals surface area (Å²) in [7, 11) is 0. The Morgan fingerprint density at radius 3 is 2.28 bits per heavy atom. The summed E-state index contributed by atoms with van der Waals surface area (Å²) in [4.78, 5) is 68.1.